The summed E-state index contributed by atoms with van der Waals surface area (Å²) in [6.07, 6.45) is 6.44. The van der Waals surface area contributed by atoms with Crippen LogP contribution in [0.3, 0.4) is 0 Å². The van der Waals surface area contributed by atoms with Gasteiger partial charge in [-0.05, 0) is 50.1 Å². The lowest BCUT2D eigenvalue weighted by Crippen LogP contribution is -2.15. The van der Waals surface area contributed by atoms with E-state index < -0.39 is 0 Å². The number of benzene rings is 2. The molecule has 2 aromatic carbocycles. The van der Waals surface area contributed by atoms with Crippen LogP contribution >= 0.6 is 11.6 Å². The molecule has 0 fully saturated rings. The molecule has 1 N–H and O–H groups in total. The van der Waals surface area contributed by atoms with Crippen molar-refractivity contribution in [2.75, 3.05) is 13.2 Å². The Kier molecular flexibility index (Phi) is 10.2. The molecule has 28 heavy (non-hydrogen) atoms. The molecule has 0 aromatic heterocycles. The maximum absolute atomic E-state index is 6.53. The Morgan fingerprint density at radius 3 is 2.36 bits per heavy atom. The van der Waals surface area contributed by atoms with Gasteiger partial charge in [-0.1, -0.05) is 74.0 Å². The third kappa shape index (κ3) is 7.73. The number of halogens is 1. The maximum atomic E-state index is 6.53. The molecule has 0 radical (unpaired) electrons. The molecule has 2 aromatic rings. The van der Waals surface area contributed by atoms with Crippen molar-refractivity contribution in [1.29, 1.82) is 0 Å². The Morgan fingerprint density at radius 1 is 0.893 bits per heavy atom. The highest BCUT2D eigenvalue weighted by Crippen LogP contribution is 2.37. The maximum Gasteiger partial charge on any atom is 0.180 e. The summed E-state index contributed by atoms with van der Waals surface area (Å²) in [6, 6.07) is 12.3. The normalized spacial score (nSPS) is 10.9. The van der Waals surface area contributed by atoms with E-state index in [0.717, 1.165) is 24.2 Å². The van der Waals surface area contributed by atoms with E-state index in [0.29, 0.717) is 29.7 Å². The van der Waals surface area contributed by atoms with Crippen LogP contribution < -0.4 is 14.8 Å². The first kappa shape index (κ1) is 22.6. The first-order valence-corrected chi connectivity index (χ1v) is 10.9. The third-order valence-corrected chi connectivity index (χ3v) is 4.94. The highest BCUT2D eigenvalue weighted by molar-refractivity contribution is 6.32. The molecule has 0 heterocycles. The molecule has 0 bridgehead atoms. The number of hydrogen-bond acceptors (Lipinski definition) is 3. The Labute approximate surface area is 175 Å². The molecule has 0 saturated heterocycles. The van der Waals surface area contributed by atoms with Crippen molar-refractivity contribution < 1.29 is 9.47 Å². The third-order valence-electron chi connectivity index (χ3n) is 4.66. The highest BCUT2D eigenvalue weighted by Gasteiger charge is 2.13. The molecule has 0 spiro atoms. The van der Waals surface area contributed by atoms with E-state index in [1.807, 2.05) is 19.1 Å². The SMILES string of the molecule is CCCCCCCNCc1cc(Cl)c(OCc2ccc(C)cc2)c(OCC)c1. The fourth-order valence-corrected chi connectivity index (χ4v) is 3.34. The van der Waals surface area contributed by atoms with E-state index in [1.54, 1.807) is 0 Å². The number of aryl methyl sites for hydroxylation is 1. The highest BCUT2D eigenvalue weighted by atomic mass is 35.5. The van der Waals surface area contributed by atoms with Crippen LogP contribution in [0.1, 0.15) is 62.6 Å². The first-order valence-electron chi connectivity index (χ1n) is 10.5. The second kappa shape index (κ2) is 12.7. The van der Waals surface area contributed by atoms with Crippen LogP contribution in [0.25, 0.3) is 0 Å². The molecular formula is C24H34ClNO2. The van der Waals surface area contributed by atoms with E-state index in [1.165, 1.54) is 37.7 Å². The summed E-state index contributed by atoms with van der Waals surface area (Å²) in [5.41, 5.74) is 3.46. The summed E-state index contributed by atoms with van der Waals surface area (Å²) in [5, 5.41) is 4.10. The van der Waals surface area contributed by atoms with Gasteiger partial charge in [0.1, 0.15) is 6.61 Å². The lowest BCUT2D eigenvalue weighted by molar-refractivity contribution is 0.269. The van der Waals surface area contributed by atoms with Gasteiger partial charge in [-0.3, -0.25) is 0 Å². The number of unbranched alkanes of at least 4 members (excludes halogenated alkanes) is 4. The van der Waals surface area contributed by atoms with E-state index >= 15 is 0 Å². The number of nitrogens with one attached hydrogen (secondary N) is 1. The van der Waals surface area contributed by atoms with Gasteiger partial charge in [-0.15, -0.1) is 0 Å². The van der Waals surface area contributed by atoms with Crippen LogP contribution in [0.2, 0.25) is 5.02 Å². The summed E-state index contributed by atoms with van der Waals surface area (Å²) in [6.45, 7) is 9.14. The van der Waals surface area contributed by atoms with Crippen LogP contribution in [0, 0.1) is 6.92 Å². The molecule has 0 aliphatic carbocycles. The van der Waals surface area contributed by atoms with Gasteiger partial charge >= 0.3 is 0 Å². The van der Waals surface area contributed by atoms with Crippen LogP contribution in [-0.2, 0) is 13.2 Å². The fourth-order valence-electron chi connectivity index (χ4n) is 3.05. The quantitative estimate of drug-likeness (QED) is 0.378. The summed E-state index contributed by atoms with van der Waals surface area (Å²) in [4.78, 5) is 0. The van der Waals surface area contributed by atoms with Crippen LogP contribution in [0.5, 0.6) is 11.5 Å². The van der Waals surface area contributed by atoms with Crippen LogP contribution in [-0.4, -0.2) is 13.2 Å². The van der Waals surface area contributed by atoms with E-state index in [2.05, 4.69) is 43.4 Å². The van der Waals surface area contributed by atoms with E-state index in [-0.39, 0.29) is 0 Å². The molecule has 3 nitrogen and oxygen atoms in total. The van der Waals surface area contributed by atoms with Crippen LogP contribution in [0.4, 0.5) is 0 Å². The van der Waals surface area contributed by atoms with Gasteiger partial charge in [0, 0.05) is 6.54 Å². The van der Waals surface area contributed by atoms with Crippen molar-refractivity contribution in [3.05, 3.63) is 58.1 Å². The van der Waals surface area contributed by atoms with Gasteiger partial charge in [0.25, 0.3) is 0 Å². The van der Waals surface area contributed by atoms with Gasteiger partial charge in [0.15, 0.2) is 11.5 Å². The average Bonchev–Trinajstić information content (AvgIpc) is 2.68. The number of hydrogen-bond donors (Lipinski definition) is 1. The Bertz CT molecular complexity index is 700. The summed E-state index contributed by atoms with van der Waals surface area (Å²) >= 11 is 6.53. The average molecular weight is 404 g/mol. The zero-order chi connectivity index (χ0) is 20.2. The largest absolute Gasteiger partial charge is 0.490 e. The van der Waals surface area contributed by atoms with E-state index in [9.17, 15) is 0 Å². The first-order chi connectivity index (χ1) is 13.6. The molecule has 4 heteroatoms. The molecule has 0 saturated carbocycles. The summed E-state index contributed by atoms with van der Waals surface area (Å²) in [7, 11) is 0. The van der Waals surface area contributed by atoms with Crippen molar-refractivity contribution in [3.8, 4) is 11.5 Å². The second-order valence-corrected chi connectivity index (χ2v) is 7.61. The van der Waals surface area contributed by atoms with Gasteiger partial charge in [0.05, 0.1) is 11.6 Å². The molecule has 154 valence electrons. The Morgan fingerprint density at radius 2 is 1.64 bits per heavy atom. The van der Waals surface area contributed by atoms with Crippen molar-refractivity contribution in [3.63, 3.8) is 0 Å². The van der Waals surface area contributed by atoms with Gasteiger partial charge in [0.2, 0.25) is 0 Å². The molecule has 0 amide bonds. The van der Waals surface area contributed by atoms with Gasteiger partial charge < -0.3 is 14.8 Å². The van der Waals surface area contributed by atoms with E-state index in [4.69, 9.17) is 21.1 Å². The Hall–Kier alpha value is -1.71. The fraction of sp³-hybridized carbons (Fsp3) is 0.500. The molecular weight excluding hydrogens is 370 g/mol. The van der Waals surface area contributed by atoms with Gasteiger partial charge in [-0.25, -0.2) is 0 Å². The molecule has 0 atom stereocenters. The zero-order valence-electron chi connectivity index (χ0n) is 17.5. The zero-order valence-corrected chi connectivity index (χ0v) is 18.3. The van der Waals surface area contributed by atoms with Crippen molar-refractivity contribution in [2.24, 2.45) is 0 Å². The lowest BCUT2D eigenvalue weighted by Gasteiger charge is -2.16. The lowest BCUT2D eigenvalue weighted by atomic mass is 10.1. The molecule has 0 unspecified atom stereocenters. The minimum Gasteiger partial charge on any atom is -0.490 e. The number of ether oxygens (including phenoxy) is 2. The monoisotopic (exact) mass is 403 g/mol. The predicted octanol–water partition coefficient (Wildman–Crippen LogP) is 6.69. The standard InChI is InChI=1S/C24H34ClNO2/c1-4-6-7-8-9-14-26-17-21-15-22(25)24(23(16-21)27-5-2)28-18-20-12-10-19(3)11-13-20/h10-13,15-16,26H,4-9,14,17-18H2,1-3H3. The summed E-state index contributed by atoms with van der Waals surface area (Å²) < 4.78 is 11.8. The minimum atomic E-state index is 0.468. The van der Waals surface area contributed by atoms with Crippen molar-refractivity contribution in [1.82, 2.24) is 5.32 Å². The number of rotatable bonds is 13. The predicted molar refractivity (Wildman–Crippen MR) is 119 cm³/mol. The second-order valence-electron chi connectivity index (χ2n) is 7.20. The minimum absolute atomic E-state index is 0.468. The Balaban J connectivity index is 1.93. The topological polar surface area (TPSA) is 30.5 Å². The summed E-state index contributed by atoms with van der Waals surface area (Å²) in [5.74, 6) is 1.33. The molecule has 0 aliphatic rings. The van der Waals surface area contributed by atoms with Crippen molar-refractivity contribution >= 4 is 11.6 Å². The smallest absolute Gasteiger partial charge is 0.180 e. The van der Waals surface area contributed by atoms with Gasteiger partial charge in [-0.2, -0.15) is 0 Å². The molecule has 0 aliphatic heterocycles. The molecule has 2 rings (SSSR count). The van der Waals surface area contributed by atoms with Crippen LogP contribution in [0.15, 0.2) is 36.4 Å². The van der Waals surface area contributed by atoms with Crippen molar-refractivity contribution in [2.45, 2.75) is 66.0 Å².